The molecule has 0 aliphatic rings. The van der Waals surface area contributed by atoms with Crippen LogP contribution in [0.2, 0.25) is 0 Å². The fourth-order valence-corrected chi connectivity index (χ4v) is 0.762. The molecule has 0 aromatic rings. The molecule has 2 nitrogen and oxygen atoms in total. The third kappa shape index (κ3) is 1.70. The van der Waals surface area contributed by atoms with E-state index in [9.17, 15) is 10.2 Å². The number of aliphatic hydroxyl groups is 2. The second-order valence-corrected chi connectivity index (χ2v) is 3.25. The van der Waals surface area contributed by atoms with E-state index < -0.39 is 11.2 Å². The Hall–Kier alpha value is -0.0800. The van der Waals surface area contributed by atoms with Crippen LogP contribution in [0.5, 0.6) is 0 Å². The Labute approximate surface area is 62.9 Å². The summed E-state index contributed by atoms with van der Waals surface area (Å²) in [5, 5.41) is 19.2. The summed E-state index contributed by atoms with van der Waals surface area (Å²) in [6, 6.07) is 0. The van der Waals surface area contributed by atoms with E-state index in [1.54, 1.807) is 13.8 Å². The molecule has 2 heteroatoms. The fourth-order valence-electron chi connectivity index (χ4n) is 0.762. The van der Waals surface area contributed by atoms with Crippen molar-refractivity contribution in [3.05, 3.63) is 0 Å². The van der Waals surface area contributed by atoms with Crippen LogP contribution in [0.4, 0.5) is 0 Å². The first-order valence-electron chi connectivity index (χ1n) is 3.82. The summed E-state index contributed by atoms with van der Waals surface area (Å²) in [6.07, 6.45) is 1.15. The Bertz CT molecular complexity index is 91.8. The molecule has 62 valence electrons. The van der Waals surface area contributed by atoms with E-state index in [1.807, 2.05) is 13.8 Å². The first-order chi connectivity index (χ1) is 4.37. The van der Waals surface area contributed by atoms with Crippen molar-refractivity contribution in [3.63, 3.8) is 0 Å². The van der Waals surface area contributed by atoms with E-state index in [0.717, 1.165) is 0 Å². The van der Waals surface area contributed by atoms with E-state index in [0.29, 0.717) is 12.8 Å². The van der Waals surface area contributed by atoms with Crippen LogP contribution in [0.25, 0.3) is 0 Å². The number of hydrogen-bond donors (Lipinski definition) is 2. The van der Waals surface area contributed by atoms with Crippen LogP contribution in [-0.4, -0.2) is 21.4 Å². The van der Waals surface area contributed by atoms with Gasteiger partial charge in [-0.3, -0.25) is 0 Å². The molecule has 0 heterocycles. The van der Waals surface area contributed by atoms with Crippen molar-refractivity contribution >= 4 is 0 Å². The van der Waals surface area contributed by atoms with Gasteiger partial charge in [0.05, 0.1) is 11.2 Å². The van der Waals surface area contributed by atoms with Gasteiger partial charge in [-0.25, -0.2) is 0 Å². The van der Waals surface area contributed by atoms with Gasteiger partial charge < -0.3 is 10.2 Å². The molecule has 0 radical (unpaired) electrons. The average Bonchev–Trinajstić information content (AvgIpc) is 1.88. The van der Waals surface area contributed by atoms with E-state index >= 15 is 0 Å². The normalized spacial score (nSPS) is 23.4. The zero-order valence-corrected chi connectivity index (χ0v) is 7.31. The first kappa shape index (κ1) is 9.92. The fraction of sp³-hybridized carbons (Fsp3) is 1.00. The average molecular weight is 146 g/mol. The molecule has 2 N–H and O–H groups in total. The van der Waals surface area contributed by atoms with E-state index in [-0.39, 0.29) is 0 Å². The van der Waals surface area contributed by atoms with Crippen LogP contribution >= 0.6 is 0 Å². The van der Waals surface area contributed by atoms with Crippen molar-refractivity contribution in [2.45, 2.75) is 51.7 Å². The van der Waals surface area contributed by atoms with Gasteiger partial charge >= 0.3 is 0 Å². The van der Waals surface area contributed by atoms with E-state index in [4.69, 9.17) is 0 Å². The van der Waals surface area contributed by atoms with Crippen molar-refractivity contribution in [2.24, 2.45) is 0 Å². The molecule has 10 heavy (non-hydrogen) atoms. The van der Waals surface area contributed by atoms with Gasteiger partial charge in [-0.1, -0.05) is 13.8 Å². The monoisotopic (exact) mass is 146 g/mol. The van der Waals surface area contributed by atoms with Crippen LogP contribution < -0.4 is 0 Å². The summed E-state index contributed by atoms with van der Waals surface area (Å²) in [4.78, 5) is 0. The Morgan fingerprint density at radius 3 is 1.20 bits per heavy atom. The zero-order valence-electron chi connectivity index (χ0n) is 7.31. The van der Waals surface area contributed by atoms with Crippen molar-refractivity contribution in [1.29, 1.82) is 0 Å². The minimum Gasteiger partial charge on any atom is -0.387 e. The second-order valence-electron chi connectivity index (χ2n) is 3.25. The molecule has 0 aliphatic heterocycles. The van der Waals surface area contributed by atoms with Gasteiger partial charge in [0, 0.05) is 0 Å². The molecule has 0 amide bonds. The molecule has 0 aliphatic carbocycles. The summed E-state index contributed by atoms with van der Waals surface area (Å²) in [7, 11) is 0. The molecule has 0 aromatic heterocycles. The maximum absolute atomic E-state index is 9.60. The van der Waals surface area contributed by atoms with Gasteiger partial charge in [0.15, 0.2) is 0 Å². The molecule has 2 atom stereocenters. The van der Waals surface area contributed by atoms with Crippen LogP contribution in [0, 0.1) is 0 Å². The maximum atomic E-state index is 9.60. The standard InChI is InChI=1S/C8H18O2/c1-5-7(3,9)8(4,10)6-2/h9-10H,5-6H2,1-4H3/t7-,8+. The largest absolute Gasteiger partial charge is 0.387 e. The molecule has 0 aromatic carbocycles. The summed E-state index contributed by atoms with van der Waals surface area (Å²) in [5.74, 6) is 0. The predicted octanol–water partition coefficient (Wildman–Crippen LogP) is 1.31. The molecular formula is C8H18O2. The third-order valence-corrected chi connectivity index (χ3v) is 2.54. The Morgan fingerprint density at radius 1 is 0.900 bits per heavy atom. The predicted molar refractivity (Wildman–Crippen MR) is 41.8 cm³/mol. The Kier molecular flexibility index (Phi) is 2.86. The SMILES string of the molecule is CC[C@](C)(O)[C@](C)(O)CC. The first-order valence-corrected chi connectivity index (χ1v) is 3.82. The van der Waals surface area contributed by atoms with Crippen LogP contribution in [-0.2, 0) is 0 Å². The van der Waals surface area contributed by atoms with Crippen LogP contribution in [0.1, 0.15) is 40.5 Å². The van der Waals surface area contributed by atoms with Crippen molar-refractivity contribution < 1.29 is 10.2 Å². The van der Waals surface area contributed by atoms with Crippen LogP contribution in [0.15, 0.2) is 0 Å². The van der Waals surface area contributed by atoms with Crippen molar-refractivity contribution in [1.82, 2.24) is 0 Å². The summed E-state index contributed by atoms with van der Waals surface area (Å²) in [6.45, 7) is 7.06. The van der Waals surface area contributed by atoms with Crippen molar-refractivity contribution in [2.75, 3.05) is 0 Å². The van der Waals surface area contributed by atoms with E-state index in [2.05, 4.69) is 0 Å². The smallest absolute Gasteiger partial charge is 0.0900 e. The van der Waals surface area contributed by atoms with Crippen molar-refractivity contribution in [3.8, 4) is 0 Å². The van der Waals surface area contributed by atoms with Gasteiger partial charge in [-0.2, -0.15) is 0 Å². The van der Waals surface area contributed by atoms with Crippen LogP contribution in [0.3, 0.4) is 0 Å². The maximum Gasteiger partial charge on any atom is 0.0900 e. The van der Waals surface area contributed by atoms with Gasteiger partial charge in [-0.15, -0.1) is 0 Å². The minimum absolute atomic E-state index is 0.577. The highest BCUT2D eigenvalue weighted by Crippen LogP contribution is 2.27. The third-order valence-electron chi connectivity index (χ3n) is 2.54. The molecule has 0 spiro atoms. The van der Waals surface area contributed by atoms with E-state index in [1.165, 1.54) is 0 Å². The summed E-state index contributed by atoms with van der Waals surface area (Å²) in [5.41, 5.74) is -1.91. The Balaban J connectivity index is 4.28. The number of hydrogen-bond acceptors (Lipinski definition) is 2. The quantitative estimate of drug-likeness (QED) is 0.630. The van der Waals surface area contributed by atoms with Gasteiger partial charge in [0.2, 0.25) is 0 Å². The lowest BCUT2D eigenvalue weighted by Gasteiger charge is -2.37. The summed E-state index contributed by atoms with van der Waals surface area (Å²) >= 11 is 0. The molecule has 0 saturated heterocycles. The highest BCUT2D eigenvalue weighted by Gasteiger charge is 2.38. The lowest BCUT2D eigenvalue weighted by atomic mass is 9.82. The van der Waals surface area contributed by atoms with Gasteiger partial charge in [-0.05, 0) is 26.7 Å². The molecule has 0 saturated carbocycles. The second kappa shape index (κ2) is 2.89. The van der Waals surface area contributed by atoms with Gasteiger partial charge in [0.1, 0.15) is 0 Å². The molecular weight excluding hydrogens is 128 g/mol. The number of rotatable bonds is 3. The highest BCUT2D eigenvalue weighted by atomic mass is 16.4. The minimum atomic E-state index is -0.957. The molecule has 0 bridgehead atoms. The molecule has 0 unspecified atom stereocenters. The molecule has 0 fully saturated rings. The highest BCUT2D eigenvalue weighted by molar-refractivity contribution is 4.90. The van der Waals surface area contributed by atoms with Gasteiger partial charge in [0.25, 0.3) is 0 Å². The lowest BCUT2D eigenvalue weighted by Crippen LogP contribution is -2.48. The topological polar surface area (TPSA) is 40.5 Å². The summed E-state index contributed by atoms with van der Waals surface area (Å²) < 4.78 is 0. The zero-order chi connectivity index (χ0) is 8.41. The molecule has 0 rings (SSSR count). The Morgan fingerprint density at radius 2 is 1.10 bits per heavy atom. The lowest BCUT2D eigenvalue weighted by molar-refractivity contribution is -0.133.